The van der Waals surface area contributed by atoms with Crippen molar-refractivity contribution in [3.63, 3.8) is 0 Å². The zero-order chi connectivity index (χ0) is 21.0. The monoisotopic (exact) mass is 414 g/mol. The molecule has 3 rings (SSSR count). The lowest BCUT2D eigenvalue weighted by Crippen LogP contribution is -2.16. The van der Waals surface area contributed by atoms with Gasteiger partial charge in [-0.15, -0.1) is 0 Å². The Balaban J connectivity index is 1.94. The number of methoxy groups -OCH3 is 3. The number of hydrogen-bond acceptors (Lipinski definition) is 6. The van der Waals surface area contributed by atoms with E-state index in [2.05, 4.69) is 4.99 Å². The van der Waals surface area contributed by atoms with Crippen molar-refractivity contribution in [2.75, 3.05) is 21.3 Å². The summed E-state index contributed by atoms with van der Waals surface area (Å²) in [5.74, 6) is 0.513. The minimum atomic E-state index is -0.397. The summed E-state index contributed by atoms with van der Waals surface area (Å²) in [6, 6.07) is 10.7. The van der Waals surface area contributed by atoms with E-state index >= 15 is 0 Å². The van der Waals surface area contributed by atoms with Crippen LogP contribution in [0.4, 0.5) is 0 Å². The van der Waals surface area contributed by atoms with Crippen molar-refractivity contribution in [1.29, 1.82) is 0 Å². The van der Waals surface area contributed by atoms with Crippen LogP contribution in [0.1, 0.15) is 22.8 Å². The molecule has 0 N–H and O–H groups in total. The summed E-state index contributed by atoms with van der Waals surface area (Å²) >= 11 is 1.37. The molecule has 0 unspecified atom stereocenters. The topological polar surface area (TPSA) is 79.1 Å². The second-order valence-corrected chi connectivity index (χ2v) is 7.18. The molecule has 1 amide bonds. The number of thiazole rings is 1. The fourth-order valence-electron chi connectivity index (χ4n) is 3.02. The summed E-state index contributed by atoms with van der Waals surface area (Å²) in [7, 11) is 4.47. The highest BCUT2D eigenvalue weighted by molar-refractivity contribution is 7.16. The van der Waals surface area contributed by atoms with Crippen molar-refractivity contribution in [3.8, 4) is 11.5 Å². The number of fused-ring (bicyclic) bond motifs is 1. The Bertz CT molecular complexity index is 1130. The number of nitrogens with zero attached hydrogens (tertiary/aromatic N) is 2. The van der Waals surface area contributed by atoms with Gasteiger partial charge in [0, 0.05) is 6.54 Å². The first-order valence-corrected chi connectivity index (χ1v) is 9.82. The molecule has 0 saturated carbocycles. The molecule has 152 valence electrons. The first kappa shape index (κ1) is 20.6. The third-order valence-electron chi connectivity index (χ3n) is 4.44. The first-order chi connectivity index (χ1) is 14.0. The molecule has 0 bridgehead atoms. The molecule has 8 heteroatoms. The number of carbonyl (C=O) groups excluding carboxylic acids is 2. The Morgan fingerprint density at radius 3 is 2.45 bits per heavy atom. The standard InChI is InChI=1S/C21H22N2O5S/c1-5-23-15-8-7-14(20(25)28-4)12-18(15)29-21(23)22-19(24)11-13-6-9-16(26-2)17(10-13)27-3/h6-10,12H,5,11H2,1-4H3. The SMILES string of the molecule is CCn1c(=NC(=O)Cc2ccc(OC)c(OC)c2)sc2cc(C(=O)OC)ccc21. The second kappa shape index (κ2) is 8.91. The van der Waals surface area contributed by atoms with E-state index in [9.17, 15) is 9.59 Å². The average molecular weight is 414 g/mol. The average Bonchev–Trinajstić information content (AvgIpc) is 3.08. The Morgan fingerprint density at radius 2 is 1.79 bits per heavy atom. The van der Waals surface area contributed by atoms with Crippen LogP contribution in [0, 0.1) is 0 Å². The highest BCUT2D eigenvalue weighted by Gasteiger charge is 2.12. The molecule has 1 aromatic heterocycles. The van der Waals surface area contributed by atoms with Crippen LogP contribution < -0.4 is 14.3 Å². The van der Waals surface area contributed by atoms with Gasteiger partial charge in [0.1, 0.15) is 0 Å². The number of benzene rings is 2. The lowest BCUT2D eigenvalue weighted by molar-refractivity contribution is -0.117. The smallest absolute Gasteiger partial charge is 0.337 e. The van der Waals surface area contributed by atoms with Gasteiger partial charge >= 0.3 is 5.97 Å². The summed E-state index contributed by atoms with van der Waals surface area (Å²) in [6.07, 6.45) is 0.145. The summed E-state index contributed by atoms with van der Waals surface area (Å²) in [6.45, 7) is 2.64. The van der Waals surface area contributed by atoms with E-state index in [0.717, 1.165) is 15.8 Å². The molecule has 0 aliphatic heterocycles. The Hall–Kier alpha value is -3.13. The van der Waals surface area contributed by atoms with Gasteiger partial charge in [-0.1, -0.05) is 17.4 Å². The van der Waals surface area contributed by atoms with Crippen molar-refractivity contribution in [3.05, 3.63) is 52.3 Å². The molecule has 3 aromatic rings. The number of aromatic nitrogens is 1. The van der Waals surface area contributed by atoms with Crippen LogP contribution in [0.3, 0.4) is 0 Å². The number of hydrogen-bond donors (Lipinski definition) is 0. The van der Waals surface area contributed by atoms with Gasteiger partial charge in [-0.2, -0.15) is 4.99 Å². The Kier molecular flexibility index (Phi) is 6.33. The molecule has 29 heavy (non-hydrogen) atoms. The molecule has 0 atom stereocenters. The maximum Gasteiger partial charge on any atom is 0.337 e. The third-order valence-corrected chi connectivity index (χ3v) is 5.48. The fourth-order valence-corrected chi connectivity index (χ4v) is 4.17. The second-order valence-electron chi connectivity index (χ2n) is 6.17. The van der Waals surface area contributed by atoms with Gasteiger partial charge in [0.05, 0.1) is 43.5 Å². The molecule has 0 fully saturated rings. The number of amides is 1. The predicted molar refractivity (Wildman–Crippen MR) is 111 cm³/mol. The minimum absolute atomic E-state index is 0.145. The van der Waals surface area contributed by atoms with E-state index in [4.69, 9.17) is 14.2 Å². The van der Waals surface area contributed by atoms with Crippen LogP contribution in [0.5, 0.6) is 11.5 Å². The Morgan fingerprint density at radius 1 is 1.03 bits per heavy atom. The molecule has 0 saturated heterocycles. The summed E-state index contributed by atoms with van der Waals surface area (Å²) in [4.78, 5) is 29.3. The third kappa shape index (κ3) is 4.32. The van der Waals surface area contributed by atoms with Crippen LogP contribution in [0.15, 0.2) is 41.4 Å². The largest absolute Gasteiger partial charge is 0.493 e. The molecular weight excluding hydrogens is 392 g/mol. The predicted octanol–water partition coefficient (Wildman–Crippen LogP) is 3.20. The van der Waals surface area contributed by atoms with Crippen LogP contribution in [-0.4, -0.2) is 37.8 Å². The van der Waals surface area contributed by atoms with Gasteiger partial charge in [-0.25, -0.2) is 4.79 Å². The number of esters is 1. The van der Waals surface area contributed by atoms with E-state index in [-0.39, 0.29) is 12.3 Å². The zero-order valence-corrected chi connectivity index (χ0v) is 17.5. The quantitative estimate of drug-likeness (QED) is 0.579. The molecule has 0 aliphatic carbocycles. The van der Waals surface area contributed by atoms with E-state index < -0.39 is 5.97 Å². The highest BCUT2D eigenvalue weighted by atomic mass is 32.1. The molecule has 2 aromatic carbocycles. The molecular formula is C21H22N2O5S. The van der Waals surface area contributed by atoms with Crippen molar-refractivity contribution >= 4 is 33.4 Å². The number of carbonyl (C=O) groups is 2. The lowest BCUT2D eigenvalue weighted by atomic mass is 10.1. The number of aryl methyl sites for hydroxylation is 1. The van der Waals surface area contributed by atoms with E-state index in [1.165, 1.54) is 18.4 Å². The van der Waals surface area contributed by atoms with Gasteiger partial charge < -0.3 is 18.8 Å². The maximum atomic E-state index is 12.6. The van der Waals surface area contributed by atoms with Gasteiger partial charge in [0.25, 0.3) is 5.91 Å². The lowest BCUT2D eigenvalue weighted by Gasteiger charge is -2.08. The normalized spacial score (nSPS) is 11.5. The number of ether oxygens (including phenoxy) is 3. The fraction of sp³-hybridized carbons (Fsp3) is 0.286. The van der Waals surface area contributed by atoms with Crippen molar-refractivity contribution in [1.82, 2.24) is 4.57 Å². The van der Waals surface area contributed by atoms with Crippen molar-refractivity contribution < 1.29 is 23.8 Å². The van der Waals surface area contributed by atoms with Gasteiger partial charge in [0.2, 0.25) is 0 Å². The van der Waals surface area contributed by atoms with Crippen molar-refractivity contribution in [2.24, 2.45) is 4.99 Å². The highest BCUT2D eigenvalue weighted by Crippen LogP contribution is 2.27. The van der Waals surface area contributed by atoms with Crippen LogP contribution >= 0.6 is 11.3 Å². The summed E-state index contributed by atoms with van der Waals surface area (Å²) in [5, 5.41) is 0. The van der Waals surface area contributed by atoms with Gasteiger partial charge in [-0.3, -0.25) is 4.79 Å². The zero-order valence-electron chi connectivity index (χ0n) is 16.7. The van der Waals surface area contributed by atoms with Gasteiger partial charge in [0.15, 0.2) is 16.3 Å². The van der Waals surface area contributed by atoms with Crippen LogP contribution in [-0.2, 0) is 22.5 Å². The van der Waals surface area contributed by atoms with E-state index in [0.29, 0.717) is 28.4 Å². The summed E-state index contributed by atoms with van der Waals surface area (Å²) in [5.41, 5.74) is 2.17. The number of rotatable bonds is 6. The van der Waals surface area contributed by atoms with Crippen LogP contribution in [0.25, 0.3) is 10.2 Å². The molecule has 0 aliphatic rings. The molecule has 7 nitrogen and oxygen atoms in total. The van der Waals surface area contributed by atoms with Crippen LogP contribution in [0.2, 0.25) is 0 Å². The Labute approximate surface area is 172 Å². The van der Waals surface area contributed by atoms with Crippen molar-refractivity contribution in [2.45, 2.75) is 19.9 Å². The van der Waals surface area contributed by atoms with Gasteiger partial charge in [-0.05, 0) is 42.8 Å². The van der Waals surface area contributed by atoms with E-state index in [1.807, 2.05) is 23.6 Å². The minimum Gasteiger partial charge on any atom is -0.493 e. The maximum absolute atomic E-state index is 12.6. The first-order valence-electron chi connectivity index (χ1n) is 9.00. The molecule has 1 heterocycles. The molecule has 0 radical (unpaired) electrons. The van der Waals surface area contributed by atoms with E-state index in [1.54, 1.807) is 38.5 Å². The molecule has 0 spiro atoms. The summed E-state index contributed by atoms with van der Waals surface area (Å²) < 4.78 is 18.1.